The Morgan fingerprint density at radius 3 is 2.43 bits per heavy atom. The summed E-state index contributed by atoms with van der Waals surface area (Å²) in [5.41, 5.74) is -0.0385. The molecule has 3 aromatic carbocycles. The molecule has 0 aliphatic carbocycles. The summed E-state index contributed by atoms with van der Waals surface area (Å²) >= 11 is 15.8. The molecular formula is C23H16BrCl2NO3. The van der Waals surface area contributed by atoms with Gasteiger partial charge in [-0.1, -0.05) is 69.5 Å². The number of nitrogens with zero attached hydrogens (tertiary/aromatic N) is 1. The summed E-state index contributed by atoms with van der Waals surface area (Å²) in [4.78, 5) is 27.7. The van der Waals surface area contributed by atoms with Crippen LogP contribution in [0.1, 0.15) is 27.9 Å². The Kier molecular flexibility index (Phi) is 5.73. The van der Waals surface area contributed by atoms with Crippen molar-refractivity contribution >= 4 is 56.5 Å². The lowest BCUT2D eigenvalue weighted by atomic mass is 9.88. The fraction of sp³-hybridized carbons (Fsp3) is 0.130. The molecule has 0 radical (unpaired) electrons. The minimum atomic E-state index is -2.01. The number of hydrogen-bond acceptors (Lipinski definition) is 3. The Bertz CT molecular complexity index is 1150. The Balaban J connectivity index is 1.72. The second-order valence-corrected chi connectivity index (χ2v) is 8.87. The van der Waals surface area contributed by atoms with Crippen LogP contribution in [0.5, 0.6) is 0 Å². The van der Waals surface area contributed by atoms with Crippen molar-refractivity contribution in [3.8, 4) is 0 Å². The highest BCUT2D eigenvalue weighted by Crippen LogP contribution is 2.45. The number of anilines is 1. The van der Waals surface area contributed by atoms with Gasteiger partial charge in [0.05, 0.1) is 18.7 Å². The predicted molar refractivity (Wildman–Crippen MR) is 121 cm³/mol. The van der Waals surface area contributed by atoms with Crippen LogP contribution in [-0.4, -0.2) is 16.8 Å². The molecule has 30 heavy (non-hydrogen) atoms. The van der Waals surface area contributed by atoms with Crippen LogP contribution in [0.25, 0.3) is 0 Å². The van der Waals surface area contributed by atoms with E-state index in [4.69, 9.17) is 23.2 Å². The van der Waals surface area contributed by atoms with Crippen LogP contribution in [0.4, 0.5) is 5.69 Å². The molecule has 0 fully saturated rings. The van der Waals surface area contributed by atoms with Crippen molar-refractivity contribution in [2.75, 3.05) is 4.90 Å². The molecule has 1 aliphatic rings. The van der Waals surface area contributed by atoms with Gasteiger partial charge in [-0.2, -0.15) is 0 Å². The van der Waals surface area contributed by atoms with Crippen molar-refractivity contribution in [3.63, 3.8) is 0 Å². The van der Waals surface area contributed by atoms with E-state index in [1.54, 1.807) is 48.5 Å². The number of carbonyl (C=O) groups is 2. The van der Waals surface area contributed by atoms with Gasteiger partial charge in [-0.05, 0) is 42.0 Å². The lowest BCUT2D eigenvalue weighted by Gasteiger charge is -2.23. The van der Waals surface area contributed by atoms with Crippen molar-refractivity contribution < 1.29 is 14.7 Å². The molecule has 152 valence electrons. The van der Waals surface area contributed by atoms with Crippen LogP contribution in [0, 0.1) is 0 Å². The Hall–Kier alpha value is -2.18. The molecule has 0 spiro atoms. The molecule has 0 bridgehead atoms. The molecule has 1 unspecified atom stereocenters. The van der Waals surface area contributed by atoms with Crippen LogP contribution >= 0.6 is 39.1 Å². The highest BCUT2D eigenvalue weighted by atomic mass is 79.9. The second-order valence-electron chi connectivity index (χ2n) is 7.11. The van der Waals surface area contributed by atoms with E-state index in [2.05, 4.69) is 15.9 Å². The lowest BCUT2D eigenvalue weighted by molar-refractivity contribution is -0.136. The Morgan fingerprint density at radius 1 is 1.03 bits per heavy atom. The molecule has 0 saturated heterocycles. The van der Waals surface area contributed by atoms with Crippen molar-refractivity contribution in [2.24, 2.45) is 0 Å². The minimum Gasteiger partial charge on any atom is -0.375 e. The summed E-state index contributed by atoms with van der Waals surface area (Å²) in [5, 5.41) is 12.3. The van der Waals surface area contributed by atoms with E-state index in [9.17, 15) is 14.7 Å². The van der Waals surface area contributed by atoms with E-state index in [1.165, 1.54) is 11.0 Å². The average molecular weight is 505 g/mol. The Morgan fingerprint density at radius 2 is 1.73 bits per heavy atom. The number of benzene rings is 3. The first kappa shape index (κ1) is 21.1. The third kappa shape index (κ3) is 3.79. The van der Waals surface area contributed by atoms with Crippen molar-refractivity contribution in [1.82, 2.24) is 0 Å². The van der Waals surface area contributed by atoms with Gasteiger partial charge in [0.15, 0.2) is 11.4 Å². The van der Waals surface area contributed by atoms with Gasteiger partial charge in [0.2, 0.25) is 0 Å². The van der Waals surface area contributed by atoms with Gasteiger partial charge < -0.3 is 10.0 Å². The van der Waals surface area contributed by atoms with Crippen LogP contribution in [0.3, 0.4) is 0 Å². The molecule has 7 heteroatoms. The molecule has 1 amide bonds. The fourth-order valence-corrected chi connectivity index (χ4v) is 4.25. The zero-order chi connectivity index (χ0) is 21.5. The summed E-state index contributed by atoms with van der Waals surface area (Å²) in [6, 6.07) is 18.8. The summed E-state index contributed by atoms with van der Waals surface area (Å²) < 4.78 is 0.831. The van der Waals surface area contributed by atoms with E-state index in [-0.39, 0.29) is 18.7 Å². The first-order valence-electron chi connectivity index (χ1n) is 9.16. The fourth-order valence-electron chi connectivity index (χ4n) is 3.62. The van der Waals surface area contributed by atoms with Crippen LogP contribution < -0.4 is 4.90 Å². The number of Topliss-reactive ketones (excluding diaryl/α,β-unsaturated/α-hetero) is 1. The third-order valence-electron chi connectivity index (χ3n) is 5.16. The van der Waals surface area contributed by atoms with Gasteiger partial charge in [0, 0.05) is 25.6 Å². The monoisotopic (exact) mass is 503 g/mol. The van der Waals surface area contributed by atoms with Crippen molar-refractivity contribution in [1.29, 1.82) is 0 Å². The van der Waals surface area contributed by atoms with Crippen molar-refractivity contribution in [2.45, 2.75) is 18.6 Å². The van der Waals surface area contributed by atoms with Crippen LogP contribution in [0.15, 0.2) is 71.2 Å². The zero-order valence-corrected chi connectivity index (χ0v) is 18.7. The van der Waals surface area contributed by atoms with Gasteiger partial charge in [-0.25, -0.2) is 0 Å². The van der Waals surface area contributed by atoms with Gasteiger partial charge in [0.1, 0.15) is 0 Å². The van der Waals surface area contributed by atoms with E-state index in [0.29, 0.717) is 26.9 Å². The van der Waals surface area contributed by atoms with E-state index in [0.717, 1.165) is 10.0 Å². The van der Waals surface area contributed by atoms with E-state index in [1.807, 2.05) is 12.1 Å². The average Bonchev–Trinajstić information content (AvgIpc) is 2.91. The summed E-state index contributed by atoms with van der Waals surface area (Å²) in [6.45, 7) is 0.169. The number of amides is 1. The molecule has 1 atom stereocenters. The number of ketones is 1. The first-order valence-corrected chi connectivity index (χ1v) is 10.7. The summed E-state index contributed by atoms with van der Waals surface area (Å²) in [7, 11) is 0. The van der Waals surface area contributed by atoms with Gasteiger partial charge in [-0.15, -0.1) is 0 Å². The Labute approximate surface area is 192 Å². The second kappa shape index (κ2) is 8.16. The lowest BCUT2D eigenvalue weighted by Crippen LogP contribution is -2.41. The largest absolute Gasteiger partial charge is 0.375 e. The van der Waals surface area contributed by atoms with Crippen LogP contribution in [-0.2, 0) is 16.9 Å². The number of hydrogen-bond donors (Lipinski definition) is 1. The zero-order valence-electron chi connectivity index (χ0n) is 15.6. The smallest absolute Gasteiger partial charge is 0.264 e. The first-order chi connectivity index (χ1) is 14.3. The van der Waals surface area contributed by atoms with Gasteiger partial charge >= 0.3 is 0 Å². The maximum atomic E-state index is 13.4. The quantitative estimate of drug-likeness (QED) is 0.449. The number of rotatable bonds is 5. The maximum absolute atomic E-state index is 13.4. The predicted octanol–water partition coefficient (Wildman–Crippen LogP) is 5.76. The van der Waals surface area contributed by atoms with Crippen molar-refractivity contribution in [3.05, 3.63) is 97.9 Å². The molecule has 1 N–H and O–H groups in total. The van der Waals surface area contributed by atoms with Gasteiger partial charge in [0.25, 0.3) is 5.91 Å². The molecule has 3 aromatic rings. The van der Waals surface area contributed by atoms with E-state index < -0.39 is 11.5 Å². The summed E-state index contributed by atoms with van der Waals surface area (Å²) in [5.74, 6) is -0.922. The standard InChI is InChI=1S/C23H16BrCl2NO3/c24-16-7-5-14(6-8-16)21(28)12-23(30)18-11-17(25)9-10-20(18)27(22(23)29)13-15-3-1-2-4-19(15)26/h1-11,30H,12-13H2. The molecule has 1 heterocycles. The maximum Gasteiger partial charge on any atom is 0.264 e. The number of fused-ring (bicyclic) bond motifs is 1. The number of aliphatic hydroxyl groups is 1. The molecule has 4 nitrogen and oxygen atoms in total. The molecule has 1 aliphatic heterocycles. The third-order valence-corrected chi connectivity index (χ3v) is 6.30. The normalized spacial score (nSPS) is 17.9. The van der Waals surface area contributed by atoms with Gasteiger partial charge in [-0.3, -0.25) is 9.59 Å². The van der Waals surface area contributed by atoms with E-state index >= 15 is 0 Å². The highest BCUT2D eigenvalue weighted by Gasteiger charge is 2.51. The molecule has 4 rings (SSSR count). The minimum absolute atomic E-state index is 0.169. The topological polar surface area (TPSA) is 57.6 Å². The number of halogens is 3. The summed E-state index contributed by atoms with van der Waals surface area (Å²) in [6.07, 6.45) is -0.389. The highest BCUT2D eigenvalue weighted by molar-refractivity contribution is 9.10. The molecular weight excluding hydrogens is 489 g/mol. The van der Waals surface area contributed by atoms with Crippen LogP contribution in [0.2, 0.25) is 10.0 Å². The number of carbonyl (C=O) groups excluding carboxylic acids is 2. The molecule has 0 saturated carbocycles. The molecule has 0 aromatic heterocycles. The SMILES string of the molecule is O=C(CC1(O)C(=O)N(Cc2ccccc2Cl)c2ccc(Cl)cc21)c1ccc(Br)cc1.